The number of hydrogen-bond acceptors (Lipinski definition) is 5. The summed E-state index contributed by atoms with van der Waals surface area (Å²) >= 11 is 0. The van der Waals surface area contributed by atoms with Gasteiger partial charge in [0.15, 0.2) is 5.65 Å². The Kier molecular flexibility index (Phi) is 3.64. The van der Waals surface area contributed by atoms with Crippen LogP contribution in [0.1, 0.15) is 11.1 Å². The van der Waals surface area contributed by atoms with Crippen LogP contribution in [0.4, 0.5) is 16.0 Å². The zero-order valence-corrected chi connectivity index (χ0v) is 13.8. The Morgan fingerprint density at radius 1 is 1.16 bits per heavy atom. The van der Waals surface area contributed by atoms with Crippen molar-refractivity contribution in [3.8, 4) is 0 Å². The maximum Gasteiger partial charge on any atom is 0.229 e. The molecule has 3 aromatic heterocycles. The number of aryl methyl sites for hydroxylation is 1. The Bertz CT molecular complexity index is 1050. The number of hydrogen-bond donors (Lipinski definition) is 1. The lowest BCUT2D eigenvalue weighted by Gasteiger charge is -2.08. The third-order valence-electron chi connectivity index (χ3n) is 4.04. The Balaban J connectivity index is 1.67. The van der Waals surface area contributed by atoms with E-state index in [0.717, 1.165) is 16.6 Å². The summed E-state index contributed by atoms with van der Waals surface area (Å²) in [6.07, 6.45) is 6.95. The van der Waals surface area contributed by atoms with E-state index in [1.54, 1.807) is 40.9 Å². The minimum atomic E-state index is -0.220. The first kappa shape index (κ1) is 15.3. The van der Waals surface area contributed by atoms with Crippen LogP contribution in [0.2, 0.25) is 0 Å². The second kappa shape index (κ2) is 5.97. The fraction of sp³-hybridized carbons (Fsp3) is 0.176. The van der Waals surface area contributed by atoms with Crippen LogP contribution < -0.4 is 5.32 Å². The van der Waals surface area contributed by atoms with Crippen LogP contribution in [-0.2, 0) is 13.6 Å². The molecule has 0 amide bonds. The quantitative estimate of drug-likeness (QED) is 0.620. The minimum absolute atomic E-state index is 0.220. The first-order valence-corrected chi connectivity index (χ1v) is 7.78. The summed E-state index contributed by atoms with van der Waals surface area (Å²) in [4.78, 5) is 8.83. The van der Waals surface area contributed by atoms with Crippen LogP contribution in [0.3, 0.4) is 0 Å². The fourth-order valence-corrected chi connectivity index (χ4v) is 2.64. The van der Waals surface area contributed by atoms with Crippen LogP contribution in [0.15, 0.2) is 43.0 Å². The highest BCUT2D eigenvalue weighted by Gasteiger charge is 2.10. The van der Waals surface area contributed by atoms with Crippen LogP contribution in [0, 0.1) is 12.7 Å². The maximum atomic E-state index is 13.8. The first-order chi connectivity index (χ1) is 12.1. The highest BCUT2D eigenvalue weighted by atomic mass is 19.1. The molecule has 0 saturated heterocycles. The van der Waals surface area contributed by atoms with Gasteiger partial charge in [-0.25, -0.2) is 14.1 Å². The normalized spacial score (nSPS) is 11.2. The molecule has 0 bridgehead atoms. The van der Waals surface area contributed by atoms with Gasteiger partial charge in [0.25, 0.3) is 0 Å². The lowest BCUT2D eigenvalue weighted by molar-refractivity contribution is 0.609. The zero-order valence-electron chi connectivity index (χ0n) is 13.8. The fourth-order valence-electron chi connectivity index (χ4n) is 2.64. The van der Waals surface area contributed by atoms with Crippen LogP contribution in [-0.4, -0.2) is 29.5 Å². The number of nitrogens with zero attached hydrogens (tertiary/aromatic N) is 6. The lowest BCUT2D eigenvalue weighted by atomic mass is 10.1. The number of fused-ring (bicyclic) bond motifs is 1. The maximum absolute atomic E-state index is 13.8. The van der Waals surface area contributed by atoms with Gasteiger partial charge in [-0.05, 0) is 24.1 Å². The molecule has 0 aliphatic rings. The molecule has 0 aliphatic heterocycles. The summed E-state index contributed by atoms with van der Waals surface area (Å²) in [6, 6.07) is 5.05. The van der Waals surface area contributed by atoms with E-state index in [1.165, 1.54) is 6.07 Å². The van der Waals surface area contributed by atoms with Crippen molar-refractivity contribution in [1.29, 1.82) is 0 Å². The Hall–Kier alpha value is -3.29. The van der Waals surface area contributed by atoms with Crippen molar-refractivity contribution in [3.63, 3.8) is 0 Å². The van der Waals surface area contributed by atoms with Gasteiger partial charge in [-0.1, -0.05) is 12.1 Å². The van der Waals surface area contributed by atoms with E-state index >= 15 is 0 Å². The number of nitrogens with one attached hydrogen (secondary N) is 1. The van der Waals surface area contributed by atoms with Gasteiger partial charge in [0.2, 0.25) is 5.95 Å². The number of aromatic nitrogens is 6. The van der Waals surface area contributed by atoms with Crippen molar-refractivity contribution >= 4 is 22.7 Å². The number of benzene rings is 1. The smallest absolute Gasteiger partial charge is 0.229 e. The van der Waals surface area contributed by atoms with Crippen LogP contribution in [0.25, 0.3) is 11.0 Å². The molecular formula is C17H16FN7. The molecule has 3 heterocycles. The molecular weight excluding hydrogens is 321 g/mol. The predicted octanol–water partition coefficient (Wildman–Crippen LogP) is 2.80. The molecule has 0 aliphatic carbocycles. The number of rotatable bonds is 4. The van der Waals surface area contributed by atoms with Crippen molar-refractivity contribution in [2.75, 3.05) is 5.32 Å². The van der Waals surface area contributed by atoms with Gasteiger partial charge in [-0.15, -0.1) is 0 Å². The SMILES string of the molecule is Cc1c(F)cccc1Cn1ncc2cnc(Nc3cnn(C)c3)nc21. The van der Waals surface area contributed by atoms with Gasteiger partial charge in [-0.3, -0.25) is 4.68 Å². The molecule has 0 radical (unpaired) electrons. The molecule has 1 N–H and O–H groups in total. The van der Waals surface area contributed by atoms with Gasteiger partial charge < -0.3 is 5.32 Å². The van der Waals surface area contributed by atoms with Gasteiger partial charge in [0.1, 0.15) is 5.82 Å². The van der Waals surface area contributed by atoms with E-state index in [2.05, 4.69) is 25.5 Å². The molecule has 0 unspecified atom stereocenters. The molecule has 7 nitrogen and oxygen atoms in total. The first-order valence-electron chi connectivity index (χ1n) is 7.78. The van der Waals surface area contributed by atoms with Crippen molar-refractivity contribution in [2.45, 2.75) is 13.5 Å². The Labute approximate surface area is 143 Å². The minimum Gasteiger partial charge on any atom is -0.321 e. The van der Waals surface area contributed by atoms with Crippen molar-refractivity contribution < 1.29 is 4.39 Å². The standard InChI is InChI=1S/C17H16FN7/c1-11-12(4-3-5-15(11)18)9-25-16-13(7-21-25)6-19-17(23-16)22-14-8-20-24(2)10-14/h3-8,10H,9H2,1-2H3,(H,19,22,23). The molecule has 4 aromatic rings. The summed E-state index contributed by atoms with van der Waals surface area (Å²) in [5.74, 6) is 0.237. The lowest BCUT2D eigenvalue weighted by Crippen LogP contribution is -2.06. The summed E-state index contributed by atoms with van der Waals surface area (Å²) in [6.45, 7) is 2.21. The topological polar surface area (TPSA) is 73.5 Å². The summed E-state index contributed by atoms with van der Waals surface area (Å²) in [5, 5.41) is 12.4. The van der Waals surface area contributed by atoms with Gasteiger partial charge in [0, 0.05) is 19.4 Å². The highest BCUT2D eigenvalue weighted by molar-refractivity contribution is 5.75. The number of anilines is 2. The molecule has 4 rings (SSSR count). The van der Waals surface area contributed by atoms with E-state index < -0.39 is 0 Å². The molecule has 8 heteroatoms. The summed E-state index contributed by atoms with van der Waals surface area (Å²) < 4.78 is 17.2. The molecule has 1 aromatic carbocycles. The molecule has 0 saturated carbocycles. The van der Waals surface area contributed by atoms with Crippen LogP contribution >= 0.6 is 0 Å². The van der Waals surface area contributed by atoms with Gasteiger partial charge >= 0.3 is 0 Å². The number of halogens is 1. The molecule has 0 atom stereocenters. The zero-order chi connectivity index (χ0) is 17.4. The van der Waals surface area contributed by atoms with Crippen LogP contribution in [0.5, 0.6) is 0 Å². The summed E-state index contributed by atoms with van der Waals surface area (Å²) in [7, 11) is 1.84. The Morgan fingerprint density at radius 2 is 2.04 bits per heavy atom. The van der Waals surface area contributed by atoms with E-state index in [-0.39, 0.29) is 5.82 Å². The average molecular weight is 337 g/mol. The molecule has 0 fully saturated rings. The van der Waals surface area contributed by atoms with E-state index in [4.69, 9.17) is 0 Å². The van der Waals surface area contributed by atoms with Gasteiger partial charge in [-0.2, -0.15) is 15.2 Å². The Morgan fingerprint density at radius 3 is 2.84 bits per heavy atom. The van der Waals surface area contributed by atoms with Crippen molar-refractivity contribution in [1.82, 2.24) is 29.5 Å². The van der Waals surface area contributed by atoms with E-state index in [1.807, 2.05) is 19.3 Å². The summed E-state index contributed by atoms with van der Waals surface area (Å²) in [5.41, 5.74) is 2.97. The predicted molar refractivity (Wildman–Crippen MR) is 92.1 cm³/mol. The molecule has 126 valence electrons. The second-order valence-corrected chi connectivity index (χ2v) is 5.83. The molecule has 0 spiro atoms. The van der Waals surface area contributed by atoms with E-state index in [0.29, 0.717) is 23.7 Å². The third-order valence-corrected chi connectivity index (χ3v) is 4.04. The van der Waals surface area contributed by atoms with Gasteiger partial charge in [0.05, 0.1) is 30.0 Å². The molecule has 25 heavy (non-hydrogen) atoms. The van der Waals surface area contributed by atoms with Crippen molar-refractivity contribution in [2.24, 2.45) is 7.05 Å². The van der Waals surface area contributed by atoms with E-state index in [9.17, 15) is 4.39 Å². The average Bonchev–Trinajstić information content (AvgIpc) is 3.18. The van der Waals surface area contributed by atoms with Crippen molar-refractivity contribution in [3.05, 3.63) is 59.9 Å². The highest BCUT2D eigenvalue weighted by Crippen LogP contribution is 2.18. The third kappa shape index (κ3) is 2.93. The second-order valence-electron chi connectivity index (χ2n) is 5.83. The largest absolute Gasteiger partial charge is 0.321 e. The monoisotopic (exact) mass is 337 g/mol.